The highest BCUT2D eigenvalue weighted by atomic mass is 32.1. The third-order valence-electron chi connectivity index (χ3n) is 6.67. The Morgan fingerprint density at radius 2 is 1.70 bits per heavy atom. The number of carbonyl (C=O) groups excluding carboxylic acids is 1. The van der Waals surface area contributed by atoms with E-state index in [2.05, 4.69) is 45.8 Å². The standard InChI is InChI=1S/C27H39BN2O2S/c1-26(2,3)21-15-19(17-8-9-17)14-20(16-21)22-23(28-7)33-24(29-22)18-10-12-30(13-11-18)25(31)32-27(4,5)6/h14-18,28H,8-13H2,1-7H3. The number of thiazole rings is 1. The molecule has 2 aromatic rings. The lowest BCUT2D eigenvalue weighted by Gasteiger charge is -2.32. The van der Waals surface area contributed by atoms with Gasteiger partial charge in [-0.25, -0.2) is 9.78 Å². The quantitative estimate of drug-likeness (QED) is 0.503. The fraction of sp³-hybridized carbons (Fsp3) is 0.630. The summed E-state index contributed by atoms with van der Waals surface area (Å²) >= 11 is 1.88. The summed E-state index contributed by atoms with van der Waals surface area (Å²) in [6.07, 6.45) is 4.33. The number of benzene rings is 1. The maximum Gasteiger partial charge on any atom is 0.410 e. The number of nitrogens with zero attached hydrogens (tertiary/aromatic N) is 2. The van der Waals surface area contributed by atoms with Crippen molar-refractivity contribution in [3.8, 4) is 11.3 Å². The average Bonchev–Trinajstić information content (AvgIpc) is 3.50. The maximum atomic E-state index is 12.4. The van der Waals surface area contributed by atoms with Crippen LogP contribution in [-0.4, -0.2) is 41.9 Å². The van der Waals surface area contributed by atoms with Crippen molar-refractivity contribution in [3.63, 3.8) is 0 Å². The van der Waals surface area contributed by atoms with Crippen LogP contribution in [0.1, 0.15) is 95.2 Å². The van der Waals surface area contributed by atoms with Crippen LogP contribution in [0.15, 0.2) is 18.2 Å². The van der Waals surface area contributed by atoms with E-state index in [0.717, 1.165) is 39.1 Å². The Hall–Kier alpha value is -1.82. The zero-order valence-electron chi connectivity index (χ0n) is 21.5. The summed E-state index contributed by atoms with van der Waals surface area (Å²) in [4.78, 5) is 19.5. The Bertz CT molecular complexity index is 1010. The van der Waals surface area contributed by atoms with E-state index in [-0.39, 0.29) is 11.5 Å². The van der Waals surface area contributed by atoms with Crippen LogP contribution in [0.5, 0.6) is 0 Å². The van der Waals surface area contributed by atoms with Gasteiger partial charge in [0.05, 0.1) is 10.7 Å². The van der Waals surface area contributed by atoms with Gasteiger partial charge in [0.2, 0.25) is 0 Å². The number of carbonyl (C=O) groups is 1. The number of ether oxygens (including phenoxy) is 1. The second-order valence-corrected chi connectivity index (χ2v) is 12.9. The molecule has 1 aliphatic carbocycles. The second-order valence-electron chi connectivity index (χ2n) is 11.8. The number of likely N-dealkylation sites (tertiary alicyclic amines) is 1. The Balaban J connectivity index is 1.55. The van der Waals surface area contributed by atoms with E-state index in [9.17, 15) is 4.79 Å². The van der Waals surface area contributed by atoms with Gasteiger partial charge < -0.3 is 9.64 Å². The summed E-state index contributed by atoms with van der Waals surface area (Å²) in [5.74, 6) is 1.15. The maximum absolute atomic E-state index is 12.4. The lowest BCUT2D eigenvalue weighted by Crippen LogP contribution is -2.41. The lowest BCUT2D eigenvalue weighted by molar-refractivity contribution is 0.0205. The molecule has 2 heterocycles. The van der Waals surface area contributed by atoms with Crippen LogP contribution in [-0.2, 0) is 10.2 Å². The summed E-state index contributed by atoms with van der Waals surface area (Å²) < 4.78 is 6.95. The van der Waals surface area contributed by atoms with Gasteiger partial charge in [0.15, 0.2) is 7.28 Å². The largest absolute Gasteiger partial charge is 0.444 e. The van der Waals surface area contributed by atoms with Crippen molar-refractivity contribution in [3.05, 3.63) is 34.3 Å². The molecule has 0 bridgehead atoms. The molecule has 0 spiro atoms. The minimum absolute atomic E-state index is 0.124. The van der Waals surface area contributed by atoms with E-state index >= 15 is 0 Å². The molecule has 0 atom stereocenters. The highest BCUT2D eigenvalue weighted by Gasteiger charge is 2.30. The molecule has 1 saturated carbocycles. The average molecular weight is 467 g/mol. The van der Waals surface area contributed by atoms with E-state index in [0.29, 0.717) is 5.92 Å². The molecule has 4 rings (SSSR count). The van der Waals surface area contributed by atoms with E-state index < -0.39 is 5.60 Å². The number of hydrogen-bond donors (Lipinski definition) is 0. The van der Waals surface area contributed by atoms with Gasteiger partial charge >= 0.3 is 6.09 Å². The van der Waals surface area contributed by atoms with E-state index in [1.807, 2.05) is 37.0 Å². The minimum atomic E-state index is -0.449. The van der Waals surface area contributed by atoms with Gasteiger partial charge in [-0.05, 0) is 85.8 Å². The van der Waals surface area contributed by atoms with Crippen molar-refractivity contribution in [2.45, 2.75) is 96.9 Å². The molecule has 2 fully saturated rings. The topological polar surface area (TPSA) is 42.4 Å². The minimum Gasteiger partial charge on any atom is -0.444 e. The molecule has 2 aliphatic rings. The van der Waals surface area contributed by atoms with Gasteiger partial charge in [0.1, 0.15) is 5.60 Å². The summed E-state index contributed by atoms with van der Waals surface area (Å²) in [5.41, 5.74) is 5.04. The summed E-state index contributed by atoms with van der Waals surface area (Å²) in [5, 5.41) is 1.24. The Morgan fingerprint density at radius 3 is 2.24 bits per heavy atom. The highest BCUT2D eigenvalue weighted by Crippen LogP contribution is 2.43. The molecule has 0 N–H and O–H groups in total. The van der Waals surface area contributed by atoms with Gasteiger partial charge in [0, 0.05) is 24.6 Å². The molecule has 6 heteroatoms. The smallest absolute Gasteiger partial charge is 0.410 e. The van der Waals surface area contributed by atoms with Crippen molar-refractivity contribution >= 4 is 29.5 Å². The zero-order chi connectivity index (χ0) is 24.0. The SMILES string of the molecule is CBc1sc(C2CCN(C(=O)OC(C)(C)C)CC2)nc1-c1cc(C2CC2)cc(C(C)(C)C)c1. The Morgan fingerprint density at radius 1 is 1.03 bits per heavy atom. The summed E-state index contributed by atoms with van der Waals surface area (Å²) in [6, 6.07) is 7.19. The molecule has 1 aliphatic heterocycles. The number of hydrogen-bond acceptors (Lipinski definition) is 4. The molecule has 1 aromatic carbocycles. The van der Waals surface area contributed by atoms with Gasteiger partial charge in [-0.1, -0.05) is 33.7 Å². The molecule has 0 radical (unpaired) electrons. The predicted octanol–water partition coefficient (Wildman–Crippen LogP) is 6.21. The van der Waals surface area contributed by atoms with Crippen LogP contribution >= 0.6 is 11.3 Å². The zero-order valence-corrected chi connectivity index (χ0v) is 22.3. The van der Waals surface area contributed by atoms with Crippen molar-refractivity contribution in [1.29, 1.82) is 0 Å². The van der Waals surface area contributed by atoms with E-state index in [1.165, 1.54) is 45.0 Å². The number of amides is 1. The predicted molar refractivity (Wildman–Crippen MR) is 141 cm³/mol. The molecule has 1 saturated heterocycles. The number of aromatic nitrogens is 1. The Labute approximate surface area is 204 Å². The van der Waals surface area contributed by atoms with Crippen LogP contribution in [0.25, 0.3) is 11.3 Å². The van der Waals surface area contributed by atoms with Crippen molar-refractivity contribution in [2.24, 2.45) is 0 Å². The van der Waals surface area contributed by atoms with Crippen LogP contribution in [0.3, 0.4) is 0 Å². The molecular formula is C27H39BN2O2S. The molecule has 33 heavy (non-hydrogen) atoms. The molecule has 4 nitrogen and oxygen atoms in total. The first kappa shape index (κ1) is 24.3. The van der Waals surface area contributed by atoms with Gasteiger partial charge in [-0.3, -0.25) is 0 Å². The first-order valence-electron chi connectivity index (χ1n) is 12.6. The number of rotatable bonds is 4. The van der Waals surface area contributed by atoms with Gasteiger partial charge in [0.25, 0.3) is 0 Å². The molecular weight excluding hydrogens is 427 g/mol. The van der Waals surface area contributed by atoms with Crippen molar-refractivity contribution in [2.75, 3.05) is 13.1 Å². The fourth-order valence-electron chi connectivity index (χ4n) is 4.52. The van der Waals surface area contributed by atoms with Gasteiger partial charge in [-0.15, -0.1) is 11.3 Å². The van der Waals surface area contributed by atoms with Crippen LogP contribution in [0.4, 0.5) is 4.79 Å². The lowest BCUT2D eigenvalue weighted by atomic mass is 9.77. The normalized spacial score (nSPS) is 17.8. The highest BCUT2D eigenvalue weighted by molar-refractivity contribution is 7.21. The number of piperidine rings is 1. The van der Waals surface area contributed by atoms with Crippen LogP contribution in [0, 0.1) is 0 Å². The van der Waals surface area contributed by atoms with Crippen molar-refractivity contribution in [1.82, 2.24) is 9.88 Å². The molecule has 0 unspecified atom stereocenters. The van der Waals surface area contributed by atoms with Crippen LogP contribution in [0.2, 0.25) is 6.82 Å². The second kappa shape index (κ2) is 9.09. The monoisotopic (exact) mass is 466 g/mol. The van der Waals surface area contributed by atoms with Crippen molar-refractivity contribution < 1.29 is 9.53 Å². The first-order valence-corrected chi connectivity index (χ1v) is 13.4. The summed E-state index contributed by atoms with van der Waals surface area (Å²) in [7, 11) is 1.00. The molecule has 1 amide bonds. The third-order valence-corrected chi connectivity index (χ3v) is 8.04. The third kappa shape index (κ3) is 5.82. The van der Waals surface area contributed by atoms with Crippen LogP contribution < -0.4 is 4.78 Å². The van der Waals surface area contributed by atoms with Gasteiger partial charge in [-0.2, -0.15) is 0 Å². The first-order chi connectivity index (χ1) is 15.4. The fourth-order valence-corrected chi connectivity index (χ4v) is 5.72. The summed E-state index contributed by atoms with van der Waals surface area (Å²) in [6.45, 7) is 16.4. The van der Waals surface area contributed by atoms with E-state index in [1.54, 1.807) is 0 Å². The molecule has 1 aromatic heterocycles. The van der Waals surface area contributed by atoms with E-state index in [4.69, 9.17) is 9.72 Å². The molecule has 178 valence electrons. The Kier molecular flexibility index (Phi) is 6.70.